The third-order valence-electron chi connectivity index (χ3n) is 2.67. The maximum absolute atomic E-state index is 5.34. The molecule has 0 amide bonds. The summed E-state index contributed by atoms with van der Waals surface area (Å²) >= 11 is 0. The number of methoxy groups -OCH3 is 1. The minimum Gasteiger partial charge on any atom is -0.496 e. The molecule has 0 aliphatic carbocycles. The first kappa shape index (κ1) is 11.8. The van der Waals surface area contributed by atoms with Gasteiger partial charge in [-0.2, -0.15) is 0 Å². The Labute approximate surface area is 92.2 Å². The maximum atomic E-state index is 5.34. The zero-order valence-corrected chi connectivity index (χ0v) is 9.73. The lowest BCUT2D eigenvalue weighted by Gasteiger charge is -2.25. The van der Waals surface area contributed by atoms with E-state index in [0.717, 1.165) is 12.3 Å². The van der Waals surface area contributed by atoms with E-state index in [-0.39, 0.29) is 0 Å². The zero-order valence-electron chi connectivity index (χ0n) is 9.73. The van der Waals surface area contributed by atoms with Crippen molar-refractivity contribution in [2.24, 2.45) is 0 Å². The molecule has 1 rings (SSSR count). The summed E-state index contributed by atoms with van der Waals surface area (Å²) in [4.78, 5) is 2.23. The van der Waals surface area contributed by atoms with Crippen LogP contribution >= 0.6 is 0 Å². The Morgan fingerprint density at radius 2 is 2.13 bits per heavy atom. The lowest BCUT2D eigenvalue weighted by Crippen LogP contribution is -2.22. The highest BCUT2D eigenvalue weighted by molar-refractivity contribution is 5.35. The van der Waals surface area contributed by atoms with Gasteiger partial charge in [-0.25, -0.2) is 0 Å². The second kappa shape index (κ2) is 5.56. The first-order chi connectivity index (χ1) is 7.20. The van der Waals surface area contributed by atoms with E-state index in [9.17, 15) is 0 Å². The van der Waals surface area contributed by atoms with E-state index < -0.39 is 0 Å². The van der Waals surface area contributed by atoms with Crippen LogP contribution in [0, 0.1) is 0 Å². The molecule has 0 fully saturated rings. The Hall–Kier alpha value is -1.28. The molecule has 0 spiro atoms. The van der Waals surface area contributed by atoms with Gasteiger partial charge >= 0.3 is 0 Å². The molecule has 1 aromatic rings. The molecule has 2 nitrogen and oxygen atoms in total. The lowest BCUT2D eigenvalue weighted by molar-refractivity contribution is 0.281. The third-order valence-corrected chi connectivity index (χ3v) is 2.67. The van der Waals surface area contributed by atoms with Crippen LogP contribution in [0.1, 0.15) is 18.5 Å². The van der Waals surface area contributed by atoms with Gasteiger partial charge < -0.3 is 4.74 Å². The van der Waals surface area contributed by atoms with E-state index in [1.165, 1.54) is 5.56 Å². The molecule has 0 bridgehead atoms. The minimum atomic E-state index is 0.333. The van der Waals surface area contributed by atoms with Gasteiger partial charge in [0.25, 0.3) is 0 Å². The number of rotatable bonds is 5. The van der Waals surface area contributed by atoms with Crippen LogP contribution in [-0.2, 0) is 0 Å². The topological polar surface area (TPSA) is 12.5 Å². The highest BCUT2D eigenvalue weighted by atomic mass is 16.5. The van der Waals surface area contributed by atoms with Gasteiger partial charge in [0.1, 0.15) is 5.75 Å². The highest BCUT2D eigenvalue weighted by Crippen LogP contribution is 2.27. The van der Waals surface area contributed by atoms with Crippen molar-refractivity contribution in [1.29, 1.82) is 0 Å². The van der Waals surface area contributed by atoms with Gasteiger partial charge in [0.2, 0.25) is 0 Å². The van der Waals surface area contributed by atoms with Crippen molar-refractivity contribution in [3.05, 3.63) is 42.5 Å². The Kier molecular flexibility index (Phi) is 4.37. The largest absolute Gasteiger partial charge is 0.496 e. The first-order valence-corrected chi connectivity index (χ1v) is 5.14. The van der Waals surface area contributed by atoms with Gasteiger partial charge in [-0.1, -0.05) is 24.3 Å². The van der Waals surface area contributed by atoms with Crippen LogP contribution in [0.5, 0.6) is 5.75 Å². The third kappa shape index (κ3) is 2.83. The zero-order chi connectivity index (χ0) is 11.3. The molecular weight excluding hydrogens is 186 g/mol. The van der Waals surface area contributed by atoms with Crippen molar-refractivity contribution in [3.63, 3.8) is 0 Å². The van der Waals surface area contributed by atoms with Crippen molar-refractivity contribution in [1.82, 2.24) is 4.90 Å². The van der Waals surface area contributed by atoms with E-state index >= 15 is 0 Å². The number of likely N-dealkylation sites (N-methyl/N-ethyl adjacent to an activating group) is 1. The molecule has 82 valence electrons. The minimum absolute atomic E-state index is 0.333. The quantitative estimate of drug-likeness (QED) is 0.685. The first-order valence-electron chi connectivity index (χ1n) is 5.14. The fourth-order valence-electron chi connectivity index (χ4n) is 1.61. The SMILES string of the molecule is C=CCN(C)[C@H](C)c1ccccc1OC. The summed E-state index contributed by atoms with van der Waals surface area (Å²) in [6.07, 6.45) is 1.91. The fraction of sp³-hybridized carbons (Fsp3) is 0.385. The van der Waals surface area contributed by atoms with Crippen molar-refractivity contribution in [2.75, 3.05) is 20.7 Å². The molecule has 0 unspecified atom stereocenters. The molecule has 2 heteroatoms. The summed E-state index contributed by atoms with van der Waals surface area (Å²) in [5.41, 5.74) is 1.21. The van der Waals surface area contributed by atoms with Crippen LogP contribution in [0.4, 0.5) is 0 Å². The van der Waals surface area contributed by atoms with Crippen LogP contribution in [0.25, 0.3) is 0 Å². The molecule has 0 saturated heterocycles. The van der Waals surface area contributed by atoms with Gasteiger partial charge in [-0.15, -0.1) is 6.58 Å². The normalized spacial score (nSPS) is 12.5. The van der Waals surface area contributed by atoms with E-state index in [2.05, 4.69) is 31.5 Å². The van der Waals surface area contributed by atoms with Gasteiger partial charge in [-0.05, 0) is 20.0 Å². The van der Waals surface area contributed by atoms with Crippen molar-refractivity contribution in [2.45, 2.75) is 13.0 Å². The van der Waals surface area contributed by atoms with Crippen LogP contribution in [0.15, 0.2) is 36.9 Å². The number of nitrogens with zero attached hydrogens (tertiary/aromatic N) is 1. The molecule has 0 heterocycles. The summed E-state index contributed by atoms with van der Waals surface area (Å²) < 4.78 is 5.34. The average molecular weight is 205 g/mol. The predicted octanol–water partition coefficient (Wildman–Crippen LogP) is 2.87. The molecule has 1 atom stereocenters. The summed E-state index contributed by atoms with van der Waals surface area (Å²) in [5.74, 6) is 0.945. The van der Waals surface area contributed by atoms with Gasteiger partial charge in [0.05, 0.1) is 7.11 Å². The van der Waals surface area contributed by atoms with Crippen LogP contribution < -0.4 is 4.74 Å². The average Bonchev–Trinajstić information content (AvgIpc) is 2.28. The number of hydrogen-bond acceptors (Lipinski definition) is 2. The Morgan fingerprint density at radius 3 is 2.73 bits per heavy atom. The maximum Gasteiger partial charge on any atom is 0.123 e. The van der Waals surface area contributed by atoms with Gasteiger partial charge in [0, 0.05) is 18.2 Å². The molecule has 0 N–H and O–H groups in total. The molecule has 0 saturated carbocycles. The smallest absolute Gasteiger partial charge is 0.123 e. The monoisotopic (exact) mass is 205 g/mol. The summed E-state index contributed by atoms with van der Waals surface area (Å²) in [6.45, 7) is 6.79. The number of benzene rings is 1. The second-order valence-corrected chi connectivity index (χ2v) is 3.65. The van der Waals surface area contributed by atoms with Gasteiger partial charge in [0.15, 0.2) is 0 Å². The second-order valence-electron chi connectivity index (χ2n) is 3.65. The van der Waals surface area contributed by atoms with Gasteiger partial charge in [-0.3, -0.25) is 4.90 Å². The molecule has 0 aliphatic rings. The summed E-state index contributed by atoms with van der Waals surface area (Å²) in [5, 5.41) is 0. The van der Waals surface area contributed by atoms with Crippen LogP contribution in [0.3, 0.4) is 0 Å². The Morgan fingerprint density at radius 1 is 1.47 bits per heavy atom. The Balaban J connectivity index is 2.89. The highest BCUT2D eigenvalue weighted by Gasteiger charge is 2.13. The number of para-hydroxylation sites is 1. The Bertz CT molecular complexity index is 322. The van der Waals surface area contributed by atoms with E-state index in [4.69, 9.17) is 4.74 Å². The molecule has 0 aliphatic heterocycles. The van der Waals surface area contributed by atoms with Crippen molar-refractivity contribution in [3.8, 4) is 5.75 Å². The summed E-state index contributed by atoms with van der Waals surface area (Å²) in [7, 11) is 3.79. The van der Waals surface area contributed by atoms with E-state index in [0.29, 0.717) is 6.04 Å². The molecular formula is C13H19NO. The molecule has 0 radical (unpaired) electrons. The van der Waals surface area contributed by atoms with E-state index in [1.807, 2.05) is 24.3 Å². The van der Waals surface area contributed by atoms with Crippen LogP contribution in [-0.4, -0.2) is 25.6 Å². The lowest BCUT2D eigenvalue weighted by atomic mass is 10.1. The van der Waals surface area contributed by atoms with E-state index in [1.54, 1.807) is 7.11 Å². The molecule has 15 heavy (non-hydrogen) atoms. The number of ether oxygens (including phenoxy) is 1. The van der Waals surface area contributed by atoms with Crippen LogP contribution in [0.2, 0.25) is 0 Å². The number of hydrogen-bond donors (Lipinski definition) is 0. The fourth-order valence-corrected chi connectivity index (χ4v) is 1.61. The van der Waals surface area contributed by atoms with Crippen molar-refractivity contribution >= 4 is 0 Å². The predicted molar refractivity (Wildman–Crippen MR) is 64.2 cm³/mol. The molecule has 1 aromatic carbocycles. The molecule has 0 aromatic heterocycles. The summed E-state index contributed by atoms with van der Waals surface area (Å²) in [6, 6.07) is 8.45. The standard InChI is InChI=1S/C13H19NO/c1-5-10-14(3)11(2)12-8-6-7-9-13(12)15-4/h5-9,11H,1,10H2,2-4H3/t11-/m1/s1. The van der Waals surface area contributed by atoms with Crippen molar-refractivity contribution < 1.29 is 4.74 Å².